The van der Waals surface area contributed by atoms with Gasteiger partial charge in [-0.05, 0) is 45.2 Å². The normalized spacial score (nSPS) is 18.4. The molecule has 124 valence electrons. The number of ether oxygens (including phenoxy) is 1. The number of rotatable bonds is 3. The lowest BCUT2D eigenvalue weighted by atomic mass is 10.1. The minimum absolute atomic E-state index is 0.363. The van der Waals surface area contributed by atoms with Gasteiger partial charge in [-0.2, -0.15) is 4.98 Å². The van der Waals surface area contributed by atoms with E-state index in [2.05, 4.69) is 15.2 Å². The SMILES string of the molecule is CC(C)(C)OC(=O)NCC1CCN(c2nc3ccccc3o2)C1. The van der Waals surface area contributed by atoms with E-state index in [4.69, 9.17) is 9.15 Å². The highest BCUT2D eigenvalue weighted by atomic mass is 16.6. The van der Waals surface area contributed by atoms with E-state index in [1.165, 1.54) is 0 Å². The third kappa shape index (κ3) is 3.94. The Labute approximate surface area is 135 Å². The maximum Gasteiger partial charge on any atom is 0.407 e. The average molecular weight is 317 g/mol. The summed E-state index contributed by atoms with van der Waals surface area (Å²) in [4.78, 5) is 18.4. The van der Waals surface area contributed by atoms with Crippen LogP contribution in [0.4, 0.5) is 10.8 Å². The Morgan fingerprint density at radius 3 is 2.96 bits per heavy atom. The Morgan fingerprint density at radius 2 is 2.22 bits per heavy atom. The first kappa shape index (κ1) is 15.6. The van der Waals surface area contributed by atoms with Crippen molar-refractivity contribution in [3.8, 4) is 0 Å². The molecule has 0 saturated carbocycles. The first-order valence-electron chi connectivity index (χ1n) is 7.98. The summed E-state index contributed by atoms with van der Waals surface area (Å²) >= 11 is 0. The summed E-state index contributed by atoms with van der Waals surface area (Å²) in [6.45, 7) is 7.88. The van der Waals surface area contributed by atoms with E-state index >= 15 is 0 Å². The highest BCUT2D eigenvalue weighted by Crippen LogP contribution is 2.26. The van der Waals surface area contributed by atoms with Gasteiger partial charge in [0.15, 0.2) is 5.58 Å². The van der Waals surface area contributed by atoms with Crippen molar-refractivity contribution >= 4 is 23.2 Å². The van der Waals surface area contributed by atoms with Crippen molar-refractivity contribution in [3.05, 3.63) is 24.3 Å². The van der Waals surface area contributed by atoms with Gasteiger partial charge in [0.2, 0.25) is 0 Å². The van der Waals surface area contributed by atoms with Crippen molar-refractivity contribution in [2.45, 2.75) is 32.8 Å². The third-order valence-electron chi connectivity index (χ3n) is 3.77. The van der Waals surface area contributed by atoms with Crippen molar-refractivity contribution in [1.82, 2.24) is 10.3 Å². The summed E-state index contributed by atoms with van der Waals surface area (Å²) in [6.07, 6.45) is 0.631. The summed E-state index contributed by atoms with van der Waals surface area (Å²) < 4.78 is 11.0. The molecule has 6 nitrogen and oxygen atoms in total. The topological polar surface area (TPSA) is 67.6 Å². The molecule has 1 aromatic carbocycles. The quantitative estimate of drug-likeness (QED) is 0.941. The number of fused-ring (bicyclic) bond motifs is 1. The molecule has 1 amide bonds. The molecule has 0 spiro atoms. The predicted octanol–water partition coefficient (Wildman–Crippen LogP) is 3.18. The second-order valence-corrected chi connectivity index (χ2v) is 6.95. The van der Waals surface area contributed by atoms with E-state index in [9.17, 15) is 4.79 Å². The maximum atomic E-state index is 11.7. The van der Waals surface area contributed by atoms with Crippen molar-refractivity contribution in [1.29, 1.82) is 0 Å². The van der Waals surface area contributed by atoms with Gasteiger partial charge in [0, 0.05) is 19.6 Å². The molecule has 0 bridgehead atoms. The van der Waals surface area contributed by atoms with Crippen LogP contribution in [0.25, 0.3) is 11.1 Å². The lowest BCUT2D eigenvalue weighted by Gasteiger charge is -2.20. The summed E-state index contributed by atoms with van der Waals surface area (Å²) in [5, 5.41) is 2.84. The number of nitrogens with zero attached hydrogens (tertiary/aromatic N) is 2. The van der Waals surface area contributed by atoms with Crippen LogP contribution < -0.4 is 10.2 Å². The van der Waals surface area contributed by atoms with Crippen molar-refractivity contribution in [3.63, 3.8) is 0 Å². The number of oxazole rings is 1. The molecule has 23 heavy (non-hydrogen) atoms. The largest absolute Gasteiger partial charge is 0.444 e. The third-order valence-corrected chi connectivity index (χ3v) is 3.77. The zero-order valence-corrected chi connectivity index (χ0v) is 13.8. The van der Waals surface area contributed by atoms with Gasteiger partial charge >= 0.3 is 6.09 Å². The minimum Gasteiger partial charge on any atom is -0.444 e. The van der Waals surface area contributed by atoms with E-state index in [1.54, 1.807) is 0 Å². The van der Waals surface area contributed by atoms with Crippen LogP contribution in [0.1, 0.15) is 27.2 Å². The fourth-order valence-electron chi connectivity index (χ4n) is 2.71. The number of carbonyl (C=O) groups excluding carboxylic acids is 1. The Balaban J connectivity index is 1.53. The highest BCUT2D eigenvalue weighted by molar-refractivity contribution is 5.74. The summed E-state index contributed by atoms with van der Waals surface area (Å²) in [5.74, 6) is 0.373. The number of benzene rings is 1. The number of para-hydroxylation sites is 2. The van der Waals surface area contributed by atoms with Gasteiger partial charge in [0.05, 0.1) is 0 Å². The van der Waals surface area contributed by atoms with Crippen molar-refractivity contribution < 1.29 is 13.9 Å². The van der Waals surface area contributed by atoms with Crippen LogP contribution in [0.15, 0.2) is 28.7 Å². The zero-order valence-electron chi connectivity index (χ0n) is 13.8. The van der Waals surface area contributed by atoms with E-state index in [1.807, 2.05) is 45.0 Å². The number of hydrogen-bond donors (Lipinski definition) is 1. The minimum atomic E-state index is -0.468. The Kier molecular flexibility index (Phi) is 4.15. The standard InChI is InChI=1S/C17H23N3O3/c1-17(2,3)23-16(21)18-10-12-8-9-20(11-12)15-19-13-6-4-5-7-14(13)22-15/h4-7,12H,8-11H2,1-3H3,(H,18,21). The van der Waals surface area contributed by atoms with E-state index in [0.29, 0.717) is 18.5 Å². The molecular formula is C17H23N3O3. The molecule has 1 unspecified atom stereocenters. The number of amides is 1. The van der Waals surface area contributed by atoms with Crippen LogP contribution in [0.5, 0.6) is 0 Å². The van der Waals surface area contributed by atoms with Crippen LogP contribution in [0, 0.1) is 5.92 Å². The molecule has 1 aromatic heterocycles. The molecular weight excluding hydrogens is 294 g/mol. The fourth-order valence-corrected chi connectivity index (χ4v) is 2.71. The molecule has 1 aliphatic heterocycles. The van der Waals surface area contributed by atoms with Crippen LogP contribution in [0.3, 0.4) is 0 Å². The monoisotopic (exact) mass is 317 g/mol. The van der Waals surface area contributed by atoms with Gasteiger partial charge in [-0.25, -0.2) is 4.79 Å². The molecule has 0 radical (unpaired) electrons. The van der Waals surface area contributed by atoms with E-state index < -0.39 is 5.60 Å². The molecule has 3 rings (SSSR count). The van der Waals surface area contributed by atoms with Crippen molar-refractivity contribution in [2.24, 2.45) is 5.92 Å². The molecule has 1 N–H and O–H groups in total. The maximum absolute atomic E-state index is 11.7. The Bertz CT molecular complexity index is 657. The zero-order chi connectivity index (χ0) is 16.4. The van der Waals surface area contributed by atoms with Gasteiger partial charge in [-0.3, -0.25) is 0 Å². The van der Waals surface area contributed by atoms with Crippen LogP contribution in [0.2, 0.25) is 0 Å². The average Bonchev–Trinajstić information content (AvgIpc) is 3.09. The second kappa shape index (κ2) is 6.10. The van der Waals surface area contributed by atoms with Crippen LogP contribution in [-0.2, 0) is 4.74 Å². The first-order chi connectivity index (χ1) is 10.9. The summed E-state index contributed by atoms with van der Waals surface area (Å²) in [6, 6.07) is 8.41. The van der Waals surface area contributed by atoms with E-state index in [0.717, 1.165) is 30.6 Å². The van der Waals surface area contributed by atoms with Gasteiger partial charge in [0.25, 0.3) is 6.01 Å². The van der Waals surface area contributed by atoms with E-state index in [-0.39, 0.29) is 6.09 Å². The van der Waals surface area contributed by atoms with Gasteiger partial charge < -0.3 is 19.4 Å². The van der Waals surface area contributed by atoms with Crippen molar-refractivity contribution in [2.75, 3.05) is 24.5 Å². The Hall–Kier alpha value is -2.24. The number of hydrogen-bond acceptors (Lipinski definition) is 5. The number of anilines is 1. The fraction of sp³-hybridized carbons (Fsp3) is 0.529. The summed E-state index contributed by atoms with van der Waals surface area (Å²) in [7, 11) is 0. The number of carbonyl (C=O) groups is 1. The first-order valence-corrected chi connectivity index (χ1v) is 7.98. The number of aromatic nitrogens is 1. The molecule has 1 atom stereocenters. The molecule has 1 aliphatic rings. The highest BCUT2D eigenvalue weighted by Gasteiger charge is 2.27. The lowest BCUT2D eigenvalue weighted by molar-refractivity contribution is 0.0520. The molecule has 0 aliphatic carbocycles. The molecule has 1 fully saturated rings. The van der Waals surface area contributed by atoms with Gasteiger partial charge in [-0.15, -0.1) is 0 Å². The Morgan fingerprint density at radius 1 is 1.43 bits per heavy atom. The lowest BCUT2D eigenvalue weighted by Crippen LogP contribution is -2.36. The smallest absolute Gasteiger partial charge is 0.407 e. The molecule has 2 heterocycles. The second-order valence-electron chi connectivity index (χ2n) is 6.95. The van der Waals surface area contributed by atoms with Crippen LogP contribution >= 0.6 is 0 Å². The van der Waals surface area contributed by atoms with Crippen LogP contribution in [-0.4, -0.2) is 36.3 Å². The number of alkyl carbamates (subject to hydrolysis) is 1. The van der Waals surface area contributed by atoms with Gasteiger partial charge in [0.1, 0.15) is 11.1 Å². The molecule has 2 aromatic rings. The number of nitrogens with one attached hydrogen (secondary N) is 1. The van der Waals surface area contributed by atoms with Gasteiger partial charge in [-0.1, -0.05) is 12.1 Å². The predicted molar refractivity (Wildman–Crippen MR) is 88.6 cm³/mol. The summed E-state index contributed by atoms with van der Waals surface area (Å²) in [5.41, 5.74) is 1.21. The molecule has 6 heteroatoms. The molecule has 1 saturated heterocycles.